The van der Waals surface area contributed by atoms with Gasteiger partial charge in [-0.2, -0.15) is 0 Å². The molecule has 112 valence electrons. The molecule has 2 heterocycles. The highest BCUT2D eigenvalue weighted by atomic mass is 32.1. The lowest BCUT2D eigenvalue weighted by Gasteiger charge is -2.15. The van der Waals surface area contributed by atoms with Crippen molar-refractivity contribution in [2.24, 2.45) is 0 Å². The van der Waals surface area contributed by atoms with Crippen LogP contribution in [0.25, 0.3) is 0 Å². The number of nitrogens with zero attached hydrogens (tertiary/aromatic N) is 2. The summed E-state index contributed by atoms with van der Waals surface area (Å²) in [6.07, 6.45) is 3.33. The zero-order valence-electron chi connectivity index (χ0n) is 12.2. The maximum Gasteiger partial charge on any atom is 0.341 e. The summed E-state index contributed by atoms with van der Waals surface area (Å²) in [5.74, 6) is 0.00493. The van der Waals surface area contributed by atoms with Crippen LogP contribution in [-0.2, 0) is 4.74 Å². The van der Waals surface area contributed by atoms with Crippen LogP contribution in [0.15, 0.2) is 18.5 Å². The summed E-state index contributed by atoms with van der Waals surface area (Å²) in [5, 5.41) is 4.12. The molecule has 0 saturated carbocycles. The van der Waals surface area contributed by atoms with Crippen molar-refractivity contribution in [3.8, 4) is 0 Å². The van der Waals surface area contributed by atoms with Gasteiger partial charge in [-0.15, -0.1) is 11.3 Å². The van der Waals surface area contributed by atoms with Gasteiger partial charge in [0.1, 0.15) is 16.4 Å². The van der Waals surface area contributed by atoms with E-state index in [2.05, 4.69) is 15.3 Å². The first-order valence-electron chi connectivity index (χ1n) is 6.62. The van der Waals surface area contributed by atoms with Gasteiger partial charge in [0.25, 0.3) is 0 Å². The summed E-state index contributed by atoms with van der Waals surface area (Å²) in [4.78, 5) is 21.6. The third-order valence-corrected chi connectivity index (χ3v) is 3.86. The molecule has 0 aliphatic rings. The summed E-state index contributed by atoms with van der Waals surface area (Å²) in [6, 6.07) is 1.50. The van der Waals surface area contributed by atoms with E-state index >= 15 is 0 Å². The van der Waals surface area contributed by atoms with Crippen molar-refractivity contribution >= 4 is 28.8 Å². The maximum absolute atomic E-state index is 12.0. The quantitative estimate of drug-likeness (QED) is 0.826. The fraction of sp³-hybridized carbons (Fsp3) is 0.357. The number of rotatable bonds is 5. The highest BCUT2D eigenvalue weighted by Crippen LogP contribution is 2.25. The molecule has 3 N–H and O–H groups in total. The molecule has 21 heavy (non-hydrogen) atoms. The predicted octanol–water partition coefficient (Wildman–Crippen LogP) is 2.78. The molecular weight excluding hydrogens is 288 g/mol. The fourth-order valence-corrected chi connectivity index (χ4v) is 2.58. The van der Waals surface area contributed by atoms with Crippen molar-refractivity contribution in [2.45, 2.75) is 26.8 Å². The molecule has 2 rings (SSSR count). The van der Waals surface area contributed by atoms with Crippen LogP contribution >= 0.6 is 11.3 Å². The fourth-order valence-electron chi connectivity index (χ4n) is 1.80. The van der Waals surface area contributed by atoms with Crippen molar-refractivity contribution in [3.05, 3.63) is 33.9 Å². The number of thiazole rings is 1. The minimum atomic E-state index is -0.442. The highest BCUT2D eigenvalue weighted by molar-refractivity contribution is 7.11. The van der Waals surface area contributed by atoms with Crippen LogP contribution in [0.2, 0.25) is 0 Å². The molecule has 0 fully saturated rings. The lowest BCUT2D eigenvalue weighted by molar-refractivity contribution is 0.0527. The molecule has 2 aromatic rings. The van der Waals surface area contributed by atoms with Gasteiger partial charge in [0.05, 0.1) is 24.5 Å². The third-order valence-electron chi connectivity index (χ3n) is 2.77. The number of nitrogen functional groups attached to an aromatic ring is 1. The van der Waals surface area contributed by atoms with Gasteiger partial charge in [0, 0.05) is 11.1 Å². The number of nitrogens with one attached hydrogen (secondary N) is 1. The van der Waals surface area contributed by atoms with Gasteiger partial charge in [-0.25, -0.2) is 14.8 Å². The Morgan fingerprint density at radius 1 is 1.48 bits per heavy atom. The van der Waals surface area contributed by atoms with E-state index < -0.39 is 5.97 Å². The Morgan fingerprint density at radius 2 is 2.24 bits per heavy atom. The largest absolute Gasteiger partial charge is 0.462 e. The predicted molar refractivity (Wildman–Crippen MR) is 83.5 cm³/mol. The first kappa shape index (κ1) is 15.2. The van der Waals surface area contributed by atoms with Crippen molar-refractivity contribution in [2.75, 3.05) is 17.7 Å². The molecule has 0 saturated heterocycles. The Balaban J connectivity index is 2.24. The number of aromatic nitrogens is 2. The minimum Gasteiger partial charge on any atom is -0.462 e. The normalized spacial score (nSPS) is 12.0. The summed E-state index contributed by atoms with van der Waals surface area (Å²) in [7, 11) is 0. The molecule has 2 aromatic heterocycles. The molecule has 1 unspecified atom stereocenters. The van der Waals surface area contributed by atoms with Crippen molar-refractivity contribution in [1.82, 2.24) is 9.97 Å². The van der Waals surface area contributed by atoms with Crippen molar-refractivity contribution in [3.63, 3.8) is 0 Å². The first-order chi connectivity index (χ1) is 10.0. The van der Waals surface area contributed by atoms with E-state index in [1.165, 1.54) is 6.20 Å². The zero-order chi connectivity index (χ0) is 15.4. The highest BCUT2D eigenvalue weighted by Gasteiger charge is 2.18. The molecule has 0 amide bonds. The van der Waals surface area contributed by atoms with E-state index in [0.29, 0.717) is 23.7 Å². The second kappa shape index (κ2) is 6.53. The van der Waals surface area contributed by atoms with Crippen LogP contribution in [-0.4, -0.2) is 22.5 Å². The number of pyridine rings is 1. The monoisotopic (exact) mass is 306 g/mol. The third kappa shape index (κ3) is 3.69. The molecule has 1 atom stereocenters. The Morgan fingerprint density at radius 3 is 2.86 bits per heavy atom. The van der Waals surface area contributed by atoms with Gasteiger partial charge in [0.2, 0.25) is 0 Å². The second-order valence-electron chi connectivity index (χ2n) is 4.56. The van der Waals surface area contributed by atoms with E-state index in [4.69, 9.17) is 10.5 Å². The Bertz CT molecular complexity index is 642. The van der Waals surface area contributed by atoms with Crippen LogP contribution in [0, 0.1) is 6.92 Å². The molecule has 0 aliphatic heterocycles. The molecule has 6 nitrogen and oxygen atoms in total. The number of aryl methyl sites for hydroxylation is 1. The van der Waals surface area contributed by atoms with Gasteiger partial charge in [-0.3, -0.25) is 0 Å². The van der Waals surface area contributed by atoms with Gasteiger partial charge in [-0.1, -0.05) is 0 Å². The van der Waals surface area contributed by atoms with E-state index in [1.54, 1.807) is 24.3 Å². The van der Waals surface area contributed by atoms with Gasteiger partial charge >= 0.3 is 5.97 Å². The number of esters is 1. The molecule has 7 heteroatoms. The lowest BCUT2D eigenvalue weighted by atomic mass is 10.2. The minimum absolute atomic E-state index is 0.0620. The number of anilines is 2. The summed E-state index contributed by atoms with van der Waals surface area (Å²) >= 11 is 1.60. The van der Waals surface area contributed by atoms with Gasteiger partial charge in [0.15, 0.2) is 0 Å². The van der Waals surface area contributed by atoms with Crippen molar-refractivity contribution in [1.29, 1.82) is 0 Å². The van der Waals surface area contributed by atoms with E-state index in [-0.39, 0.29) is 6.04 Å². The number of hydrogen-bond donors (Lipinski definition) is 2. The van der Waals surface area contributed by atoms with Crippen LogP contribution in [0.5, 0.6) is 0 Å². The molecule has 0 spiro atoms. The molecule has 0 radical (unpaired) electrons. The van der Waals surface area contributed by atoms with E-state index in [0.717, 1.165) is 9.88 Å². The smallest absolute Gasteiger partial charge is 0.341 e. The number of hydrogen-bond acceptors (Lipinski definition) is 7. The standard InChI is InChI=1S/C14H18N4O2S/c1-4-20-14(19)11-5-10(15)7-16-12(11)18-9(3)13-17-6-8(2)21-13/h5-7,9H,4,15H2,1-3H3,(H,16,18). The Kier molecular flexibility index (Phi) is 4.74. The number of nitrogens with two attached hydrogens (primary N) is 1. The lowest BCUT2D eigenvalue weighted by Crippen LogP contribution is -2.14. The number of carbonyl (C=O) groups excluding carboxylic acids is 1. The Labute approximate surface area is 127 Å². The first-order valence-corrected chi connectivity index (χ1v) is 7.44. The summed E-state index contributed by atoms with van der Waals surface area (Å²) in [6.45, 7) is 6.02. The van der Waals surface area contributed by atoms with Crippen LogP contribution in [0.1, 0.15) is 40.1 Å². The molecule has 0 bridgehead atoms. The SMILES string of the molecule is CCOC(=O)c1cc(N)cnc1NC(C)c1ncc(C)s1. The van der Waals surface area contributed by atoms with E-state index in [9.17, 15) is 4.79 Å². The summed E-state index contributed by atoms with van der Waals surface area (Å²) < 4.78 is 5.03. The molecular formula is C14H18N4O2S. The van der Waals surface area contributed by atoms with Crippen LogP contribution in [0.4, 0.5) is 11.5 Å². The average molecular weight is 306 g/mol. The average Bonchev–Trinajstić information content (AvgIpc) is 2.87. The number of ether oxygens (including phenoxy) is 1. The van der Waals surface area contributed by atoms with E-state index in [1.807, 2.05) is 20.0 Å². The Hall–Kier alpha value is -2.15. The topological polar surface area (TPSA) is 90.1 Å². The van der Waals surface area contributed by atoms with Crippen LogP contribution < -0.4 is 11.1 Å². The summed E-state index contributed by atoms with van der Waals surface area (Å²) in [5.41, 5.74) is 6.45. The zero-order valence-corrected chi connectivity index (χ0v) is 13.0. The van der Waals surface area contributed by atoms with Crippen molar-refractivity contribution < 1.29 is 9.53 Å². The maximum atomic E-state index is 12.0. The van der Waals surface area contributed by atoms with Gasteiger partial charge < -0.3 is 15.8 Å². The number of carbonyl (C=O) groups is 1. The van der Waals surface area contributed by atoms with Crippen LogP contribution in [0.3, 0.4) is 0 Å². The second-order valence-corrected chi connectivity index (χ2v) is 5.83. The molecule has 0 aromatic carbocycles. The molecule has 0 aliphatic carbocycles. The van der Waals surface area contributed by atoms with Gasteiger partial charge in [-0.05, 0) is 26.8 Å².